The van der Waals surface area contributed by atoms with Crippen molar-refractivity contribution in [1.29, 1.82) is 0 Å². The Morgan fingerprint density at radius 2 is 1.90 bits per heavy atom. The quantitative estimate of drug-likeness (QED) is 0.399. The van der Waals surface area contributed by atoms with Gasteiger partial charge in [-0.1, -0.05) is 6.07 Å². The molecule has 1 unspecified atom stereocenters. The molecule has 0 saturated heterocycles. The maximum Gasteiger partial charge on any atom is 0.358 e. The van der Waals surface area contributed by atoms with Gasteiger partial charge in [-0.05, 0) is 31.5 Å². The Kier molecular flexibility index (Phi) is 7.30. The Bertz CT molecular complexity index is 934. The number of aliphatic hydroxyl groups is 2. The normalized spacial score (nSPS) is 12.2. The Morgan fingerprint density at radius 1 is 1.23 bits per heavy atom. The third-order valence-corrected chi connectivity index (χ3v) is 4.70. The van der Waals surface area contributed by atoms with E-state index in [2.05, 4.69) is 15.0 Å². The van der Waals surface area contributed by atoms with Gasteiger partial charge in [-0.15, -0.1) is 0 Å². The van der Waals surface area contributed by atoms with Crippen LogP contribution < -0.4 is 10.1 Å². The van der Waals surface area contributed by atoms with E-state index < -0.39 is 42.3 Å². The first kappa shape index (κ1) is 23.0. The van der Waals surface area contributed by atoms with Gasteiger partial charge in [0.25, 0.3) is 5.91 Å². The Hall–Kier alpha value is -3.24. The largest absolute Gasteiger partial charge is 0.495 e. The van der Waals surface area contributed by atoms with Crippen LogP contribution >= 0.6 is 0 Å². The minimum Gasteiger partial charge on any atom is -0.495 e. The SMILES string of the molecule is COC(=O)c1cn(C(C(=O)Nc2cc(C)ccc2OC)C(=O)C(C)(CO)CO)cn1. The lowest BCUT2D eigenvalue weighted by Crippen LogP contribution is -2.44. The van der Waals surface area contributed by atoms with Crippen molar-refractivity contribution in [3.63, 3.8) is 0 Å². The number of amides is 1. The zero-order valence-corrected chi connectivity index (χ0v) is 17.2. The number of nitrogens with one attached hydrogen (secondary N) is 1. The highest BCUT2D eigenvalue weighted by molar-refractivity contribution is 6.11. The number of nitrogens with zero attached hydrogens (tertiary/aromatic N) is 2. The molecule has 0 aliphatic carbocycles. The van der Waals surface area contributed by atoms with Crippen molar-refractivity contribution >= 4 is 23.3 Å². The molecular formula is C20H25N3O7. The molecule has 1 aromatic carbocycles. The fraction of sp³-hybridized carbons (Fsp3) is 0.400. The maximum absolute atomic E-state index is 13.2. The molecule has 0 spiro atoms. The summed E-state index contributed by atoms with van der Waals surface area (Å²) in [5.41, 5.74) is -0.525. The molecule has 1 aromatic heterocycles. The van der Waals surface area contributed by atoms with Crippen LogP contribution in [0.4, 0.5) is 5.69 Å². The van der Waals surface area contributed by atoms with Crippen LogP contribution in [0.1, 0.15) is 29.0 Å². The minimum absolute atomic E-state index is 0.106. The van der Waals surface area contributed by atoms with Gasteiger partial charge in [0, 0.05) is 6.20 Å². The average Bonchev–Trinajstić information content (AvgIpc) is 3.22. The van der Waals surface area contributed by atoms with Crippen molar-refractivity contribution in [2.24, 2.45) is 5.41 Å². The van der Waals surface area contributed by atoms with Crippen molar-refractivity contribution in [3.05, 3.63) is 42.0 Å². The number of anilines is 1. The smallest absolute Gasteiger partial charge is 0.358 e. The van der Waals surface area contributed by atoms with Gasteiger partial charge in [0.05, 0.1) is 44.9 Å². The number of aromatic nitrogens is 2. The van der Waals surface area contributed by atoms with Crippen LogP contribution in [0.25, 0.3) is 0 Å². The van der Waals surface area contributed by atoms with E-state index in [9.17, 15) is 24.6 Å². The molecule has 0 fully saturated rings. The molecule has 162 valence electrons. The monoisotopic (exact) mass is 419 g/mol. The predicted molar refractivity (Wildman–Crippen MR) is 106 cm³/mol. The van der Waals surface area contributed by atoms with Crippen molar-refractivity contribution in [2.75, 3.05) is 32.8 Å². The Balaban J connectivity index is 2.49. The second kappa shape index (κ2) is 9.51. The fourth-order valence-electron chi connectivity index (χ4n) is 2.73. The van der Waals surface area contributed by atoms with Crippen molar-refractivity contribution < 1.29 is 34.1 Å². The van der Waals surface area contributed by atoms with Gasteiger partial charge in [0.15, 0.2) is 17.5 Å². The van der Waals surface area contributed by atoms with Gasteiger partial charge in [0.2, 0.25) is 0 Å². The third-order valence-electron chi connectivity index (χ3n) is 4.70. The highest BCUT2D eigenvalue weighted by atomic mass is 16.5. The number of imidazole rings is 1. The standard InChI is InChI=1S/C20H25N3O7/c1-12-5-6-15(29-3)13(7-12)22-18(27)16(17(26)20(2,9-24)10-25)23-8-14(21-11-23)19(28)30-4/h5-8,11,16,24-25H,9-10H2,1-4H3,(H,22,27). The number of esters is 1. The first-order valence-corrected chi connectivity index (χ1v) is 9.04. The summed E-state index contributed by atoms with van der Waals surface area (Å²) in [6, 6.07) is 3.61. The van der Waals surface area contributed by atoms with Crippen molar-refractivity contribution in [2.45, 2.75) is 19.9 Å². The van der Waals surface area contributed by atoms with Gasteiger partial charge in [-0.3, -0.25) is 9.59 Å². The first-order chi connectivity index (χ1) is 14.2. The van der Waals surface area contributed by atoms with Gasteiger partial charge in [-0.2, -0.15) is 0 Å². The summed E-state index contributed by atoms with van der Waals surface area (Å²) in [7, 11) is 2.62. The van der Waals surface area contributed by atoms with E-state index in [4.69, 9.17) is 4.74 Å². The molecule has 30 heavy (non-hydrogen) atoms. The fourth-order valence-corrected chi connectivity index (χ4v) is 2.73. The van der Waals surface area contributed by atoms with E-state index in [0.717, 1.165) is 16.5 Å². The topological polar surface area (TPSA) is 140 Å². The van der Waals surface area contributed by atoms with Crippen LogP contribution in [0.2, 0.25) is 0 Å². The number of methoxy groups -OCH3 is 2. The highest BCUT2D eigenvalue weighted by Crippen LogP contribution is 2.29. The van der Waals surface area contributed by atoms with Crippen LogP contribution in [-0.2, 0) is 14.3 Å². The van der Waals surface area contributed by atoms with E-state index >= 15 is 0 Å². The summed E-state index contributed by atoms with van der Waals surface area (Å²) < 4.78 is 11.0. The van der Waals surface area contributed by atoms with Gasteiger partial charge in [-0.25, -0.2) is 9.78 Å². The number of benzene rings is 1. The van der Waals surface area contributed by atoms with Crippen molar-refractivity contribution in [1.82, 2.24) is 9.55 Å². The zero-order chi connectivity index (χ0) is 22.5. The number of hydrogen-bond donors (Lipinski definition) is 3. The summed E-state index contributed by atoms with van der Waals surface area (Å²) in [4.78, 5) is 41.9. The lowest BCUT2D eigenvalue weighted by molar-refractivity contribution is -0.140. The molecule has 10 heteroatoms. The number of rotatable bonds is 9. The molecule has 0 saturated carbocycles. The number of carbonyl (C=O) groups excluding carboxylic acids is 3. The molecule has 3 N–H and O–H groups in total. The van der Waals surface area contributed by atoms with Crippen LogP contribution in [0, 0.1) is 12.3 Å². The second-order valence-corrected chi connectivity index (χ2v) is 7.03. The molecule has 1 heterocycles. The molecule has 0 radical (unpaired) electrons. The number of ketones is 1. The number of ether oxygens (including phenoxy) is 2. The summed E-state index contributed by atoms with van der Waals surface area (Å²) in [5.74, 6) is -1.88. The highest BCUT2D eigenvalue weighted by Gasteiger charge is 2.42. The molecule has 2 aromatic rings. The maximum atomic E-state index is 13.2. The molecule has 10 nitrogen and oxygen atoms in total. The number of hydrogen-bond acceptors (Lipinski definition) is 8. The molecular weight excluding hydrogens is 394 g/mol. The third kappa shape index (κ3) is 4.66. The first-order valence-electron chi connectivity index (χ1n) is 9.04. The van der Waals surface area contributed by atoms with Crippen LogP contribution in [0.15, 0.2) is 30.7 Å². The lowest BCUT2D eigenvalue weighted by Gasteiger charge is -2.28. The average molecular weight is 419 g/mol. The van der Waals surface area contributed by atoms with E-state index in [1.54, 1.807) is 18.2 Å². The van der Waals surface area contributed by atoms with Crippen LogP contribution in [0.5, 0.6) is 5.75 Å². The molecule has 1 atom stereocenters. The summed E-state index contributed by atoms with van der Waals surface area (Å²) >= 11 is 0. The molecule has 0 aliphatic rings. The van der Waals surface area contributed by atoms with Crippen molar-refractivity contribution in [3.8, 4) is 5.75 Å². The molecule has 2 rings (SSSR count). The summed E-state index contributed by atoms with van der Waals surface area (Å²) in [6.45, 7) is 1.79. The van der Waals surface area contributed by atoms with E-state index in [0.29, 0.717) is 11.4 Å². The van der Waals surface area contributed by atoms with Crippen LogP contribution in [-0.4, -0.2) is 64.9 Å². The zero-order valence-electron chi connectivity index (χ0n) is 17.2. The summed E-state index contributed by atoms with van der Waals surface area (Å²) in [5, 5.41) is 21.9. The minimum atomic E-state index is -1.60. The summed E-state index contributed by atoms with van der Waals surface area (Å²) in [6.07, 6.45) is 2.33. The Labute approximate surface area is 173 Å². The molecule has 0 aliphatic heterocycles. The Morgan fingerprint density at radius 3 is 2.47 bits per heavy atom. The number of Topliss-reactive ketones (excluding diaryl/α,β-unsaturated/α-hetero) is 1. The molecule has 0 bridgehead atoms. The van der Waals surface area contributed by atoms with E-state index in [1.807, 2.05) is 6.92 Å². The molecule has 1 amide bonds. The van der Waals surface area contributed by atoms with Crippen LogP contribution in [0.3, 0.4) is 0 Å². The van der Waals surface area contributed by atoms with Gasteiger partial charge < -0.3 is 29.6 Å². The van der Waals surface area contributed by atoms with Gasteiger partial charge in [0.1, 0.15) is 5.75 Å². The van der Waals surface area contributed by atoms with Gasteiger partial charge >= 0.3 is 5.97 Å². The lowest BCUT2D eigenvalue weighted by atomic mass is 9.83. The number of aliphatic hydroxyl groups excluding tert-OH is 2. The second-order valence-electron chi connectivity index (χ2n) is 7.03. The van der Waals surface area contributed by atoms with E-state index in [-0.39, 0.29) is 5.69 Å². The number of aryl methyl sites for hydroxylation is 1. The van der Waals surface area contributed by atoms with E-state index in [1.165, 1.54) is 27.3 Å². The number of carbonyl (C=O) groups is 3. The predicted octanol–water partition coefficient (Wildman–Crippen LogP) is 0.727.